The van der Waals surface area contributed by atoms with Gasteiger partial charge in [-0.2, -0.15) is 13.2 Å². The Kier molecular flexibility index (Phi) is 4.98. The smallest absolute Gasteiger partial charge is 0.341 e. The van der Waals surface area contributed by atoms with Gasteiger partial charge >= 0.3 is 12.1 Å². The number of alkyl halides is 3. The molecule has 0 aromatic heterocycles. The zero-order valence-electron chi connectivity index (χ0n) is 10.2. The highest BCUT2D eigenvalue weighted by Crippen LogP contribution is 2.21. The van der Waals surface area contributed by atoms with Crippen molar-refractivity contribution in [2.75, 3.05) is 13.6 Å². The lowest BCUT2D eigenvalue weighted by Crippen LogP contribution is -2.46. The van der Waals surface area contributed by atoms with E-state index < -0.39 is 24.5 Å². The van der Waals surface area contributed by atoms with Gasteiger partial charge in [0.1, 0.15) is 0 Å². The Labute approximate surface area is 104 Å². The number of amides is 2. The van der Waals surface area contributed by atoms with Crippen LogP contribution in [0.3, 0.4) is 0 Å². The lowest BCUT2D eigenvalue weighted by molar-refractivity contribution is -0.174. The van der Waals surface area contributed by atoms with Crippen molar-refractivity contribution >= 4 is 11.8 Å². The Morgan fingerprint density at radius 3 is 2.28 bits per heavy atom. The van der Waals surface area contributed by atoms with Gasteiger partial charge in [0.15, 0.2) is 0 Å². The van der Waals surface area contributed by atoms with Crippen molar-refractivity contribution in [1.82, 2.24) is 10.2 Å². The second-order valence-corrected chi connectivity index (χ2v) is 4.48. The summed E-state index contributed by atoms with van der Waals surface area (Å²) in [5.74, 6) is -2.56. The Hall–Kier alpha value is -1.27. The molecule has 0 radical (unpaired) electrons. The molecule has 104 valence electrons. The quantitative estimate of drug-likeness (QED) is 0.840. The molecular weight excluding hydrogens is 249 g/mol. The molecule has 0 aromatic carbocycles. The van der Waals surface area contributed by atoms with E-state index in [1.165, 1.54) is 4.90 Å². The van der Waals surface area contributed by atoms with E-state index >= 15 is 0 Å². The van der Waals surface area contributed by atoms with Crippen molar-refractivity contribution < 1.29 is 22.8 Å². The van der Waals surface area contributed by atoms with E-state index in [-0.39, 0.29) is 6.04 Å². The van der Waals surface area contributed by atoms with Gasteiger partial charge in [0, 0.05) is 13.1 Å². The molecule has 4 nitrogen and oxygen atoms in total. The molecule has 0 unspecified atom stereocenters. The standard InChI is InChI=1S/C11H17F3N2O2/c1-16(8-5-3-2-4-6-8)9(17)7-15-10(18)11(12,13)14/h8H,2-7H2,1H3,(H,15,18). The van der Waals surface area contributed by atoms with Crippen LogP contribution in [0.1, 0.15) is 32.1 Å². The maximum Gasteiger partial charge on any atom is 0.471 e. The van der Waals surface area contributed by atoms with Gasteiger partial charge in [-0.15, -0.1) is 0 Å². The highest BCUT2D eigenvalue weighted by molar-refractivity contribution is 5.87. The van der Waals surface area contributed by atoms with Gasteiger partial charge < -0.3 is 10.2 Å². The summed E-state index contributed by atoms with van der Waals surface area (Å²) >= 11 is 0. The van der Waals surface area contributed by atoms with Crippen molar-refractivity contribution in [2.24, 2.45) is 0 Å². The van der Waals surface area contributed by atoms with E-state index in [2.05, 4.69) is 0 Å². The fourth-order valence-corrected chi connectivity index (χ4v) is 2.05. The van der Waals surface area contributed by atoms with Crippen LogP contribution in [0.15, 0.2) is 0 Å². The molecule has 18 heavy (non-hydrogen) atoms. The van der Waals surface area contributed by atoms with Crippen molar-refractivity contribution in [1.29, 1.82) is 0 Å². The molecule has 0 aliphatic heterocycles. The van der Waals surface area contributed by atoms with Crippen LogP contribution in [-0.2, 0) is 9.59 Å². The van der Waals surface area contributed by atoms with Gasteiger partial charge in [0.05, 0.1) is 6.54 Å². The third-order valence-corrected chi connectivity index (χ3v) is 3.17. The number of hydrogen-bond donors (Lipinski definition) is 1. The van der Waals surface area contributed by atoms with Crippen LogP contribution in [0.4, 0.5) is 13.2 Å². The molecule has 1 aliphatic carbocycles. The fraction of sp³-hybridized carbons (Fsp3) is 0.818. The Morgan fingerprint density at radius 1 is 1.22 bits per heavy atom. The largest absolute Gasteiger partial charge is 0.471 e. The number of hydrogen-bond acceptors (Lipinski definition) is 2. The monoisotopic (exact) mass is 266 g/mol. The molecule has 0 bridgehead atoms. The van der Waals surface area contributed by atoms with Gasteiger partial charge in [0.2, 0.25) is 5.91 Å². The number of likely N-dealkylation sites (N-methyl/N-ethyl adjacent to an activating group) is 1. The number of nitrogens with one attached hydrogen (secondary N) is 1. The molecule has 1 fully saturated rings. The van der Waals surface area contributed by atoms with E-state index in [1.807, 2.05) is 0 Å². The molecule has 0 saturated heterocycles. The molecule has 7 heteroatoms. The fourth-order valence-electron chi connectivity index (χ4n) is 2.05. The van der Waals surface area contributed by atoms with Gasteiger partial charge in [0.25, 0.3) is 0 Å². The molecule has 0 atom stereocenters. The van der Waals surface area contributed by atoms with E-state index in [4.69, 9.17) is 0 Å². The van der Waals surface area contributed by atoms with E-state index in [9.17, 15) is 22.8 Å². The lowest BCUT2D eigenvalue weighted by Gasteiger charge is -2.31. The van der Waals surface area contributed by atoms with E-state index in [0.29, 0.717) is 0 Å². The van der Waals surface area contributed by atoms with Crippen molar-refractivity contribution in [3.8, 4) is 0 Å². The molecule has 0 aromatic rings. The summed E-state index contributed by atoms with van der Waals surface area (Å²) in [6.45, 7) is -0.606. The SMILES string of the molecule is CN(C(=O)CNC(=O)C(F)(F)F)C1CCCCC1. The Morgan fingerprint density at radius 2 is 1.78 bits per heavy atom. The average Bonchev–Trinajstić information content (AvgIpc) is 2.34. The predicted octanol–water partition coefficient (Wildman–Crippen LogP) is 1.46. The molecule has 0 heterocycles. The van der Waals surface area contributed by atoms with Crippen LogP contribution >= 0.6 is 0 Å². The summed E-state index contributed by atoms with van der Waals surface area (Å²) in [5, 5.41) is 1.59. The summed E-state index contributed by atoms with van der Waals surface area (Å²) in [4.78, 5) is 23.6. The maximum atomic E-state index is 11.9. The molecular formula is C11H17F3N2O2. The Balaban J connectivity index is 2.38. The van der Waals surface area contributed by atoms with Gasteiger partial charge in [-0.1, -0.05) is 19.3 Å². The maximum absolute atomic E-state index is 11.9. The van der Waals surface area contributed by atoms with Crippen LogP contribution in [-0.4, -0.2) is 42.5 Å². The first-order valence-corrected chi connectivity index (χ1v) is 5.93. The van der Waals surface area contributed by atoms with Crippen molar-refractivity contribution in [2.45, 2.75) is 44.3 Å². The zero-order valence-corrected chi connectivity index (χ0v) is 10.2. The molecule has 1 aliphatic rings. The first kappa shape index (κ1) is 14.8. The first-order valence-electron chi connectivity index (χ1n) is 5.93. The van der Waals surface area contributed by atoms with Crippen LogP contribution < -0.4 is 5.32 Å². The molecule has 1 N–H and O–H groups in total. The third kappa shape index (κ3) is 4.19. The minimum atomic E-state index is -4.94. The Bertz CT molecular complexity index is 312. The van der Waals surface area contributed by atoms with Crippen LogP contribution in [0.5, 0.6) is 0 Å². The number of halogens is 3. The number of nitrogens with zero attached hydrogens (tertiary/aromatic N) is 1. The molecule has 0 spiro atoms. The van der Waals surface area contributed by atoms with Crippen LogP contribution in [0, 0.1) is 0 Å². The molecule has 2 amide bonds. The normalized spacial score (nSPS) is 17.3. The zero-order chi connectivity index (χ0) is 13.8. The topological polar surface area (TPSA) is 49.4 Å². The van der Waals surface area contributed by atoms with Crippen molar-refractivity contribution in [3.05, 3.63) is 0 Å². The van der Waals surface area contributed by atoms with E-state index in [0.717, 1.165) is 32.1 Å². The summed E-state index contributed by atoms with van der Waals surface area (Å²) in [7, 11) is 1.57. The highest BCUT2D eigenvalue weighted by atomic mass is 19.4. The van der Waals surface area contributed by atoms with Gasteiger partial charge in [-0.05, 0) is 12.8 Å². The minimum absolute atomic E-state index is 0.0778. The van der Waals surface area contributed by atoms with Gasteiger partial charge in [-0.25, -0.2) is 0 Å². The number of carbonyl (C=O) groups is 2. The van der Waals surface area contributed by atoms with Crippen LogP contribution in [0.25, 0.3) is 0 Å². The summed E-state index contributed by atoms with van der Waals surface area (Å²) in [5.41, 5.74) is 0. The van der Waals surface area contributed by atoms with E-state index in [1.54, 1.807) is 12.4 Å². The van der Waals surface area contributed by atoms with Crippen molar-refractivity contribution in [3.63, 3.8) is 0 Å². The summed E-state index contributed by atoms with van der Waals surface area (Å²) in [6.07, 6.45) is -0.0215. The second-order valence-electron chi connectivity index (χ2n) is 4.48. The molecule has 1 saturated carbocycles. The van der Waals surface area contributed by atoms with Crippen LogP contribution in [0.2, 0.25) is 0 Å². The van der Waals surface area contributed by atoms with Gasteiger partial charge in [-0.3, -0.25) is 9.59 Å². The average molecular weight is 266 g/mol. The number of rotatable bonds is 3. The number of carbonyl (C=O) groups excluding carboxylic acids is 2. The second kappa shape index (κ2) is 6.06. The highest BCUT2D eigenvalue weighted by Gasteiger charge is 2.38. The summed E-state index contributed by atoms with van der Waals surface area (Å²) in [6, 6.07) is 0.0778. The first-order chi connectivity index (χ1) is 8.32. The molecule has 1 rings (SSSR count). The summed E-state index contributed by atoms with van der Waals surface area (Å²) < 4.78 is 35.8. The minimum Gasteiger partial charge on any atom is -0.341 e. The third-order valence-electron chi connectivity index (χ3n) is 3.17. The predicted molar refractivity (Wildman–Crippen MR) is 58.7 cm³/mol. The lowest BCUT2D eigenvalue weighted by atomic mass is 9.94.